The minimum atomic E-state index is -0.245. The number of hydrogen-bond donors (Lipinski definition) is 0. The van der Waals surface area contributed by atoms with Gasteiger partial charge in [-0.3, -0.25) is 9.59 Å². The molecule has 0 radical (unpaired) electrons. The maximum absolute atomic E-state index is 11.4. The van der Waals surface area contributed by atoms with Gasteiger partial charge in [0.1, 0.15) is 0 Å². The fraction of sp³-hybridized carbons (Fsp3) is 0.818. The maximum atomic E-state index is 11.4. The minimum absolute atomic E-state index is 0.0980. The van der Waals surface area contributed by atoms with Gasteiger partial charge in [0, 0.05) is 18.7 Å². The number of unbranched alkanes of at least 4 members (excludes halogenated alkanes) is 1. The average Bonchev–Trinajstić information content (AvgIpc) is 2.01. The molecule has 0 bridgehead atoms. The van der Waals surface area contributed by atoms with E-state index >= 15 is 0 Å². The Kier molecular flexibility index (Phi) is 6.01. The van der Waals surface area contributed by atoms with E-state index in [4.69, 9.17) is 11.6 Å². The average molecular weight is 219 g/mol. The second kappa shape index (κ2) is 6.18. The minimum Gasteiger partial charge on any atom is -0.291 e. The van der Waals surface area contributed by atoms with Crippen molar-refractivity contribution in [3.8, 4) is 0 Å². The van der Waals surface area contributed by atoms with Crippen molar-refractivity contribution in [3.63, 3.8) is 0 Å². The number of rotatable bonds is 6. The van der Waals surface area contributed by atoms with Gasteiger partial charge in [0.05, 0.1) is 0 Å². The molecule has 0 saturated carbocycles. The first-order valence-electron chi connectivity index (χ1n) is 4.99. The number of carbonyl (C=O) groups is 2. The number of halogens is 1. The third-order valence-corrected chi connectivity index (χ3v) is 2.06. The third-order valence-electron chi connectivity index (χ3n) is 1.79. The molecule has 0 aliphatic carbocycles. The fourth-order valence-electron chi connectivity index (χ4n) is 1.10. The van der Waals surface area contributed by atoms with E-state index < -0.39 is 0 Å². The Morgan fingerprint density at radius 3 is 2.07 bits per heavy atom. The molecule has 0 aromatic heterocycles. The SMILES string of the molecule is CC(C)(C)CC(=O)C(=O)CCCCCl. The van der Waals surface area contributed by atoms with Crippen LogP contribution in [0.4, 0.5) is 0 Å². The lowest BCUT2D eigenvalue weighted by molar-refractivity contribution is -0.137. The van der Waals surface area contributed by atoms with E-state index in [-0.39, 0.29) is 17.0 Å². The first-order valence-corrected chi connectivity index (χ1v) is 5.52. The first-order chi connectivity index (χ1) is 6.37. The molecule has 0 saturated heterocycles. The lowest BCUT2D eigenvalue weighted by atomic mass is 9.88. The molecule has 0 unspecified atom stereocenters. The van der Waals surface area contributed by atoms with Crippen molar-refractivity contribution in [2.45, 2.75) is 46.5 Å². The molecular weight excluding hydrogens is 200 g/mol. The molecule has 2 nitrogen and oxygen atoms in total. The van der Waals surface area contributed by atoms with Gasteiger partial charge in [-0.25, -0.2) is 0 Å². The van der Waals surface area contributed by atoms with Crippen LogP contribution in [-0.4, -0.2) is 17.4 Å². The molecule has 82 valence electrons. The highest BCUT2D eigenvalue weighted by molar-refractivity contribution is 6.37. The molecule has 0 rings (SSSR count). The number of ketones is 2. The summed E-state index contributed by atoms with van der Waals surface area (Å²) in [5, 5.41) is 0. The summed E-state index contributed by atoms with van der Waals surface area (Å²) < 4.78 is 0. The van der Waals surface area contributed by atoms with Gasteiger partial charge in [0.15, 0.2) is 11.6 Å². The predicted octanol–water partition coefficient (Wildman–Crippen LogP) is 2.97. The molecule has 3 heteroatoms. The van der Waals surface area contributed by atoms with Crippen molar-refractivity contribution in [2.24, 2.45) is 5.41 Å². The van der Waals surface area contributed by atoms with E-state index in [1.54, 1.807) is 0 Å². The monoisotopic (exact) mass is 218 g/mol. The van der Waals surface area contributed by atoms with Crippen molar-refractivity contribution in [1.82, 2.24) is 0 Å². The number of carbonyl (C=O) groups excluding carboxylic acids is 2. The summed E-state index contributed by atoms with van der Waals surface area (Å²) in [6.07, 6.45) is 2.21. The predicted molar refractivity (Wildman–Crippen MR) is 58.7 cm³/mol. The van der Waals surface area contributed by atoms with E-state index in [2.05, 4.69) is 0 Å². The molecule has 0 fully saturated rings. The van der Waals surface area contributed by atoms with E-state index in [1.807, 2.05) is 20.8 Å². The van der Waals surface area contributed by atoms with E-state index in [1.165, 1.54) is 0 Å². The molecule has 0 aromatic rings. The van der Waals surface area contributed by atoms with Crippen LogP contribution in [-0.2, 0) is 9.59 Å². The summed E-state index contributed by atoms with van der Waals surface area (Å²) in [4.78, 5) is 22.7. The van der Waals surface area contributed by atoms with Gasteiger partial charge in [-0.1, -0.05) is 20.8 Å². The van der Waals surface area contributed by atoms with Crippen molar-refractivity contribution >= 4 is 23.2 Å². The van der Waals surface area contributed by atoms with Gasteiger partial charge in [0.2, 0.25) is 0 Å². The standard InChI is InChI=1S/C11H19ClO2/c1-11(2,3)8-10(14)9(13)6-4-5-7-12/h4-8H2,1-3H3. The van der Waals surface area contributed by atoms with Crippen LogP contribution in [0, 0.1) is 5.41 Å². The van der Waals surface area contributed by atoms with Crippen molar-refractivity contribution in [2.75, 3.05) is 5.88 Å². The molecule has 0 aliphatic rings. The zero-order chi connectivity index (χ0) is 11.2. The highest BCUT2D eigenvalue weighted by Gasteiger charge is 2.20. The lowest BCUT2D eigenvalue weighted by Crippen LogP contribution is -2.20. The van der Waals surface area contributed by atoms with Crippen LogP contribution in [0.5, 0.6) is 0 Å². The summed E-state index contributed by atoms with van der Waals surface area (Å²) in [5.74, 6) is 0.0675. The third kappa shape index (κ3) is 7.07. The van der Waals surface area contributed by atoms with Gasteiger partial charge >= 0.3 is 0 Å². The van der Waals surface area contributed by atoms with Crippen LogP contribution in [0.15, 0.2) is 0 Å². The van der Waals surface area contributed by atoms with Gasteiger partial charge in [-0.15, -0.1) is 11.6 Å². The molecule has 0 aliphatic heterocycles. The molecule has 0 heterocycles. The van der Waals surface area contributed by atoms with Crippen LogP contribution < -0.4 is 0 Å². The summed E-state index contributed by atoms with van der Waals surface area (Å²) >= 11 is 5.47. The molecular formula is C11H19ClO2. The van der Waals surface area contributed by atoms with E-state index in [0.29, 0.717) is 18.7 Å². The van der Waals surface area contributed by atoms with Gasteiger partial charge in [-0.05, 0) is 18.3 Å². The zero-order valence-electron chi connectivity index (χ0n) is 9.23. The normalized spacial score (nSPS) is 11.4. The largest absolute Gasteiger partial charge is 0.291 e. The first kappa shape index (κ1) is 13.6. The highest BCUT2D eigenvalue weighted by Crippen LogP contribution is 2.19. The molecule has 0 atom stereocenters. The molecule has 0 aromatic carbocycles. The van der Waals surface area contributed by atoms with Crippen LogP contribution in [0.3, 0.4) is 0 Å². The second-order valence-corrected chi connectivity index (χ2v) is 5.11. The van der Waals surface area contributed by atoms with Crippen LogP contribution in [0.1, 0.15) is 46.5 Å². The number of alkyl halides is 1. The Bertz CT molecular complexity index is 204. The summed E-state index contributed by atoms with van der Waals surface area (Å²) in [7, 11) is 0. The molecule has 0 spiro atoms. The van der Waals surface area contributed by atoms with Crippen molar-refractivity contribution < 1.29 is 9.59 Å². The van der Waals surface area contributed by atoms with E-state index in [9.17, 15) is 9.59 Å². The Balaban J connectivity index is 3.83. The van der Waals surface area contributed by atoms with E-state index in [0.717, 1.165) is 12.8 Å². The Labute approximate surface area is 91.0 Å². The van der Waals surface area contributed by atoms with Crippen molar-refractivity contribution in [1.29, 1.82) is 0 Å². The number of Topliss-reactive ketones (excluding diaryl/α,β-unsaturated/α-hetero) is 2. The summed E-state index contributed by atoms with van der Waals surface area (Å²) in [6, 6.07) is 0. The lowest BCUT2D eigenvalue weighted by Gasteiger charge is -2.15. The number of hydrogen-bond acceptors (Lipinski definition) is 2. The van der Waals surface area contributed by atoms with Crippen LogP contribution in [0.25, 0.3) is 0 Å². The van der Waals surface area contributed by atoms with Crippen molar-refractivity contribution in [3.05, 3.63) is 0 Å². The Hall–Kier alpha value is -0.370. The molecule has 0 amide bonds. The Morgan fingerprint density at radius 1 is 1.07 bits per heavy atom. The van der Waals surface area contributed by atoms with Crippen LogP contribution >= 0.6 is 11.6 Å². The summed E-state index contributed by atoms with van der Waals surface area (Å²) in [6.45, 7) is 5.87. The quantitative estimate of drug-likeness (QED) is 0.390. The van der Waals surface area contributed by atoms with Gasteiger partial charge in [0.25, 0.3) is 0 Å². The second-order valence-electron chi connectivity index (χ2n) is 4.73. The molecule has 0 N–H and O–H groups in total. The Morgan fingerprint density at radius 2 is 1.64 bits per heavy atom. The molecule has 14 heavy (non-hydrogen) atoms. The summed E-state index contributed by atoms with van der Waals surface area (Å²) in [5.41, 5.74) is -0.0980. The fourth-order valence-corrected chi connectivity index (χ4v) is 1.29. The topological polar surface area (TPSA) is 34.1 Å². The van der Waals surface area contributed by atoms with Gasteiger partial charge in [-0.2, -0.15) is 0 Å². The van der Waals surface area contributed by atoms with Crippen LogP contribution in [0.2, 0.25) is 0 Å². The highest BCUT2D eigenvalue weighted by atomic mass is 35.5. The smallest absolute Gasteiger partial charge is 0.198 e. The zero-order valence-corrected chi connectivity index (χ0v) is 9.99. The maximum Gasteiger partial charge on any atom is 0.198 e. The van der Waals surface area contributed by atoms with Gasteiger partial charge < -0.3 is 0 Å².